The van der Waals surface area contributed by atoms with E-state index in [0.29, 0.717) is 0 Å². The Kier molecular flexibility index (Phi) is 5.13. The molecule has 1 amide bonds. The van der Waals surface area contributed by atoms with Crippen molar-refractivity contribution in [3.05, 3.63) is 53.6 Å². The molecule has 1 aliphatic rings. The van der Waals surface area contributed by atoms with Crippen molar-refractivity contribution >= 4 is 44.9 Å². The lowest BCUT2D eigenvalue weighted by Gasteiger charge is -2.26. The summed E-state index contributed by atoms with van der Waals surface area (Å²) in [5, 5.41) is 6.42. The van der Waals surface area contributed by atoms with Crippen molar-refractivity contribution < 1.29 is 4.79 Å². The highest BCUT2D eigenvalue weighted by atomic mass is 32.2. The van der Waals surface area contributed by atoms with Gasteiger partial charge in [0, 0.05) is 5.69 Å². The van der Waals surface area contributed by atoms with Gasteiger partial charge in [-0.25, -0.2) is 4.98 Å². The number of aromatic nitrogens is 1. The molecular weight excluding hydrogens is 362 g/mol. The highest BCUT2D eigenvalue weighted by Gasteiger charge is 2.21. The van der Waals surface area contributed by atoms with Crippen LogP contribution >= 0.6 is 23.1 Å². The van der Waals surface area contributed by atoms with Crippen LogP contribution in [0.3, 0.4) is 0 Å². The van der Waals surface area contributed by atoms with Gasteiger partial charge in [-0.3, -0.25) is 4.79 Å². The first-order valence-electron chi connectivity index (χ1n) is 8.78. The second kappa shape index (κ2) is 7.68. The number of rotatable bonds is 5. The van der Waals surface area contributed by atoms with Gasteiger partial charge in [-0.1, -0.05) is 36.0 Å². The molecule has 2 N–H and O–H groups in total. The Morgan fingerprint density at radius 2 is 2.19 bits per heavy atom. The Balaban J connectivity index is 1.38. The summed E-state index contributed by atoms with van der Waals surface area (Å²) >= 11 is 3.33. The van der Waals surface area contributed by atoms with Gasteiger partial charge < -0.3 is 10.6 Å². The van der Waals surface area contributed by atoms with Gasteiger partial charge in [0.15, 0.2) is 4.34 Å². The summed E-state index contributed by atoms with van der Waals surface area (Å²) in [5.41, 5.74) is 4.58. The number of nitrogens with zero attached hydrogens (tertiary/aromatic N) is 1. The summed E-state index contributed by atoms with van der Waals surface area (Å²) in [6.07, 6.45) is 5.26. The number of carbonyl (C=O) groups excluding carboxylic acids is 1. The zero-order chi connectivity index (χ0) is 17.9. The van der Waals surface area contributed by atoms with Crippen LogP contribution < -0.4 is 10.6 Å². The maximum atomic E-state index is 12.4. The van der Waals surface area contributed by atoms with E-state index in [1.165, 1.54) is 11.1 Å². The summed E-state index contributed by atoms with van der Waals surface area (Å²) in [5.74, 6) is 0.0286. The second-order valence-electron chi connectivity index (χ2n) is 6.43. The van der Waals surface area contributed by atoms with Gasteiger partial charge in [-0.15, -0.1) is 11.3 Å². The Morgan fingerprint density at radius 3 is 3.08 bits per heavy atom. The van der Waals surface area contributed by atoms with Gasteiger partial charge in [0.25, 0.3) is 0 Å². The predicted molar refractivity (Wildman–Crippen MR) is 110 cm³/mol. The van der Waals surface area contributed by atoms with Crippen LogP contribution in [0.25, 0.3) is 10.2 Å². The minimum atomic E-state index is 0.0286. The lowest BCUT2D eigenvalue weighted by Crippen LogP contribution is -2.35. The number of aryl methyl sites for hydroxylation is 1. The van der Waals surface area contributed by atoms with Gasteiger partial charge in [0.1, 0.15) is 0 Å². The van der Waals surface area contributed by atoms with Gasteiger partial charge in [-0.2, -0.15) is 0 Å². The van der Waals surface area contributed by atoms with Crippen molar-refractivity contribution in [3.63, 3.8) is 0 Å². The molecule has 134 valence electrons. The van der Waals surface area contributed by atoms with Crippen LogP contribution in [0.2, 0.25) is 0 Å². The van der Waals surface area contributed by atoms with E-state index >= 15 is 0 Å². The molecule has 26 heavy (non-hydrogen) atoms. The zero-order valence-corrected chi connectivity index (χ0v) is 16.3. The maximum absolute atomic E-state index is 12.4. The SMILES string of the molecule is CSc1nc2ccc(NCC(=O)N[C@@H]3CCCc4ccccc43)cc2s1. The summed E-state index contributed by atoms with van der Waals surface area (Å²) < 4.78 is 2.20. The third kappa shape index (κ3) is 3.71. The van der Waals surface area contributed by atoms with Crippen LogP contribution in [0.5, 0.6) is 0 Å². The first-order valence-corrected chi connectivity index (χ1v) is 10.8. The van der Waals surface area contributed by atoms with Gasteiger partial charge >= 0.3 is 0 Å². The first-order chi connectivity index (χ1) is 12.7. The fourth-order valence-electron chi connectivity index (χ4n) is 3.43. The van der Waals surface area contributed by atoms with Crippen LogP contribution in [0, 0.1) is 0 Å². The number of benzene rings is 2. The molecule has 2 aromatic carbocycles. The molecule has 4 nitrogen and oxygen atoms in total. The standard InChI is InChI=1S/C20H21N3OS2/c1-25-20-23-17-10-9-14(11-18(17)26-20)21-12-19(24)22-16-8-4-6-13-5-2-3-7-15(13)16/h2-3,5,7,9-11,16,21H,4,6,8,12H2,1H3,(H,22,24)/t16-/m1/s1. The molecule has 4 rings (SSSR count). The number of thioether (sulfide) groups is 1. The van der Waals surface area contributed by atoms with Crippen molar-refractivity contribution in [1.29, 1.82) is 0 Å². The number of anilines is 1. The number of carbonyl (C=O) groups is 1. The van der Waals surface area contributed by atoms with E-state index in [4.69, 9.17) is 0 Å². The van der Waals surface area contributed by atoms with Crippen LogP contribution in [0.4, 0.5) is 5.69 Å². The van der Waals surface area contributed by atoms with E-state index in [1.54, 1.807) is 23.1 Å². The third-order valence-electron chi connectivity index (χ3n) is 4.70. The lowest BCUT2D eigenvalue weighted by molar-refractivity contribution is -0.120. The van der Waals surface area contributed by atoms with Crippen molar-refractivity contribution in [2.75, 3.05) is 18.1 Å². The van der Waals surface area contributed by atoms with Crippen molar-refractivity contribution in [2.45, 2.75) is 29.6 Å². The Hall–Kier alpha value is -2.05. The summed E-state index contributed by atoms with van der Waals surface area (Å²) in [6, 6.07) is 14.6. The number of nitrogens with one attached hydrogen (secondary N) is 2. The molecule has 0 fully saturated rings. The highest BCUT2D eigenvalue weighted by Crippen LogP contribution is 2.30. The lowest BCUT2D eigenvalue weighted by atomic mass is 9.88. The zero-order valence-electron chi connectivity index (χ0n) is 14.6. The molecule has 0 aliphatic heterocycles. The molecule has 0 spiro atoms. The number of hydrogen-bond acceptors (Lipinski definition) is 5. The highest BCUT2D eigenvalue weighted by molar-refractivity contribution is 8.00. The molecular formula is C20H21N3OS2. The Morgan fingerprint density at radius 1 is 1.31 bits per heavy atom. The minimum Gasteiger partial charge on any atom is -0.376 e. The van der Waals surface area contributed by atoms with Crippen LogP contribution in [-0.2, 0) is 11.2 Å². The fourth-order valence-corrected chi connectivity index (χ4v) is 4.96. The maximum Gasteiger partial charge on any atom is 0.239 e. The van der Waals surface area contributed by atoms with E-state index in [2.05, 4.69) is 45.9 Å². The first kappa shape index (κ1) is 17.4. The molecule has 1 aliphatic carbocycles. The largest absolute Gasteiger partial charge is 0.376 e. The molecule has 0 saturated carbocycles. The quantitative estimate of drug-likeness (QED) is 0.631. The summed E-state index contributed by atoms with van der Waals surface area (Å²) in [7, 11) is 0. The number of amides is 1. The molecule has 0 bridgehead atoms. The van der Waals surface area contributed by atoms with E-state index in [0.717, 1.165) is 39.5 Å². The van der Waals surface area contributed by atoms with E-state index in [1.807, 2.05) is 18.4 Å². The van der Waals surface area contributed by atoms with Crippen molar-refractivity contribution in [2.24, 2.45) is 0 Å². The van der Waals surface area contributed by atoms with Crippen LogP contribution in [0.15, 0.2) is 46.8 Å². The topological polar surface area (TPSA) is 54.0 Å². The average Bonchev–Trinajstić information content (AvgIpc) is 3.09. The second-order valence-corrected chi connectivity index (χ2v) is 8.52. The number of thiazole rings is 1. The predicted octanol–water partition coefficient (Wildman–Crippen LogP) is 4.62. The normalized spacial score (nSPS) is 16.3. The molecule has 0 unspecified atom stereocenters. The Labute approximate surface area is 161 Å². The monoisotopic (exact) mass is 383 g/mol. The number of hydrogen-bond donors (Lipinski definition) is 2. The molecule has 6 heteroatoms. The molecule has 0 saturated heterocycles. The van der Waals surface area contributed by atoms with E-state index in [9.17, 15) is 4.79 Å². The molecule has 3 aromatic rings. The molecule has 1 heterocycles. The van der Waals surface area contributed by atoms with Gasteiger partial charge in [0.05, 0.1) is 22.8 Å². The van der Waals surface area contributed by atoms with E-state index in [-0.39, 0.29) is 18.5 Å². The average molecular weight is 384 g/mol. The van der Waals surface area contributed by atoms with Gasteiger partial charge in [-0.05, 0) is 54.8 Å². The van der Waals surface area contributed by atoms with Crippen molar-refractivity contribution in [1.82, 2.24) is 10.3 Å². The summed E-state index contributed by atoms with van der Waals surface area (Å²) in [6.45, 7) is 0.276. The van der Waals surface area contributed by atoms with Crippen LogP contribution in [0.1, 0.15) is 30.0 Å². The third-order valence-corrected chi connectivity index (χ3v) is 6.70. The fraction of sp³-hybridized carbons (Fsp3) is 0.300. The minimum absolute atomic E-state index is 0.0286. The molecule has 1 atom stereocenters. The van der Waals surface area contributed by atoms with E-state index < -0.39 is 0 Å². The number of fused-ring (bicyclic) bond motifs is 2. The van der Waals surface area contributed by atoms with Crippen molar-refractivity contribution in [3.8, 4) is 0 Å². The Bertz CT molecular complexity index is 938. The molecule has 0 radical (unpaired) electrons. The summed E-state index contributed by atoms with van der Waals surface area (Å²) in [4.78, 5) is 17.0. The van der Waals surface area contributed by atoms with Crippen LogP contribution in [-0.4, -0.2) is 23.7 Å². The molecule has 1 aromatic heterocycles. The van der Waals surface area contributed by atoms with Gasteiger partial charge in [0.2, 0.25) is 5.91 Å². The smallest absolute Gasteiger partial charge is 0.239 e.